The van der Waals surface area contributed by atoms with Gasteiger partial charge >= 0.3 is 0 Å². The smallest absolute Gasteiger partial charge is 0.0394 e. The number of benzene rings is 1. The summed E-state index contributed by atoms with van der Waals surface area (Å²) in [6.07, 6.45) is 1.31. The maximum absolute atomic E-state index is 5.78. The lowest BCUT2D eigenvalue weighted by Crippen LogP contribution is -2.27. The summed E-state index contributed by atoms with van der Waals surface area (Å²) in [4.78, 5) is 4.77. The van der Waals surface area contributed by atoms with Crippen LogP contribution in [0.15, 0.2) is 18.2 Å². The number of aryl methyl sites for hydroxylation is 1. The molecule has 1 aromatic rings. The van der Waals surface area contributed by atoms with Gasteiger partial charge in [0, 0.05) is 31.5 Å². The van der Waals surface area contributed by atoms with E-state index in [2.05, 4.69) is 36.9 Å². The van der Waals surface area contributed by atoms with Gasteiger partial charge in [-0.2, -0.15) is 0 Å². The number of anilines is 2. The summed E-state index contributed by atoms with van der Waals surface area (Å²) in [5.74, 6) is 0.793. The predicted molar refractivity (Wildman–Crippen MR) is 74.5 cm³/mol. The van der Waals surface area contributed by atoms with E-state index in [-0.39, 0.29) is 0 Å². The predicted octanol–water partition coefficient (Wildman–Crippen LogP) is 1.97. The molecular formula is C14H23N3. The van der Waals surface area contributed by atoms with Crippen molar-refractivity contribution in [3.05, 3.63) is 23.8 Å². The van der Waals surface area contributed by atoms with Crippen LogP contribution in [0.5, 0.6) is 0 Å². The number of rotatable bonds is 3. The van der Waals surface area contributed by atoms with E-state index in [1.54, 1.807) is 0 Å². The van der Waals surface area contributed by atoms with Crippen LogP contribution in [0.2, 0.25) is 0 Å². The van der Waals surface area contributed by atoms with Gasteiger partial charge in [0.1, 0.15) is 0 Å². The summed E-state index contributed by atoms with van der Waals surface area (Å²) in [7, 11) is 4.38. The Morgan fingerprint density at radius 1 is 1.47 bits per heavy atom. The second kappa shape index (κ2) is 4.96. The van der Waals surface area contributed by atoms with Crippen LogP contribution in [-0.4, -0.2) is 38.6 Å². The van der Waals surface area contributed by atoms with Crippen LogP contribution < -0.4 is 10.6 Å². The number of nitrogens with two attached hydrogens (primary N) is 1. The second-order valence-electron chi connectivity index (χ2n) is 5.34. The molecule has 1 saturated heterocycles. The molecule has 1 heterocycles. The molecule has 2 N–H and O–H groups in total. The Balaban J connectivity index is 2.01. The Kier molecular flexibility index (Phi) is 3.57. The van der Waals surface area contributed by atoms with Gasteiger partial charge in [0.05, 0.1) is 0 Å². The molecule has 0 radical (unpaired) electrons. The number of likely N-dealkylation sites (tertiary alicyclic amines) is 1. The fourth-order valence-electron chi connectivity index (χ4n) is 2.77. The molecule has 1 atom stereocenters. The monoisotopic (exact) mass is 233 g/mol. The maximum Gasteiger partial charge on any atom is 0.0394 e. The standard InChI is InChI=1S/C14H23N3/c1-11-8-13(15)4-5-14(11)17(3)10-12-6-7-16(2)9-12/h4-5,8,12H,6-7,9-10,15H2,1-3H3. The first-order valence-electron chi connectivity index (χ1n) is 6.32. The molecule has 0 spiro atoms. The zero-order valence-corrected chi connectivity index (χ0v) is 11.1. The van der Waals surface area contributed by atoms with Gasteiger partial charge in [0.25, 0.3) is 0 Å². The van der Waals surface area contributed by atoms with E-state index < -0.39 is 0 Å². The van der Waals surface area contributed by atoms with Gasteiger partial charge < -0.3 is 15.5 Å². The van der Waals surface area contributed by atoms with Gasteiger partial charge in [-0.05, 0) is 56.6 Å². The van der Waals surface area contributed by atoms with Crippen LogP contribution in [0.1, 0.15) is 12.0 Å². The Labute approximate surface area is 104 Å². The summed E-state index contributed by atoms with van der Waals surface area (Å²) >= 11 is 0. The molecule has 0 aliphatic carbocycles. The van der Waals surface area contributed by atoms with E-state index >= 15 is 0 Å². The number of hydrogen-bond acceptors (Lipinski definition) is 3. The summed E-state index contributed by atoms with van der Waals surface area (Å²) in [5, 5.41) is 0. The molecule has 1 unspecified atom stereocenters. The quantitative estimate of drug-likeness (QED) is 0.810. The maximum atomic E-state index is 5.78. The van der Waals surface area contributed by atoms with Crippen molar-refractivity contribution in [3.8, 4) is 0 Å². The van der Waals surface area contributed by atoms with E-state index in [4.69, 9.17) is 5.73 Å². The van der Waals surface area contributed by atoms with E-state index in [1.807, 2.05) is 12.1 Å². The fraction of sp³-hybridized carbons (Fsp3) is 0.571. The molecule has 1 aliphatic heterocycles. The number of nitrogens with zero attached hydrogens (tertiary/aromatic N) is 2. The Morgan fingerprint density at radius 3 is 2.82 bits per heavy atom. The molecule has 2 rings (SSSR count). The van der Waals surface area contributed by atoms with E-state index in [9.17, 15) is 0 Å². The minimum Gasteiger partial charge on any atom is -0.399 e. The molecule has 1 aromatic carbocycles. The Morgan fingerprint density at radius 2 is 2.24 bits per heavy atom. The lowest BCUT2D eigenvalue weighted by Gasteiger charge is -2.25. The third-order valence-electron chi connectivity index (χ3n) is 3.65. The zero-order valence-electron chi connectivity index (χ0n) is 11.1. The lowest BCUT2D eigenvalue weighted by atomic mass is 10.1. The van der Waals surface area contributed by atoms with Gasteiger partial charge in [-0.25, -0.2) is 0 Å². The summed E-state index contributed by atoms with van der Waals surface area (Å²) < 4.78 is 0. The highest BCUT2D eigenvalue weighted by Crippen LogP contribution is 2.24. The summed E-state index contributed by atoms with van der Waals surface area (Å²) in [5.41, 5.74) is 9.19. The highest BCUT2D eigenvalue weighted by molar-refractivity contribution is 5.58. The van der Waals surface area contributed by atoms with E-state index in [1.165, 1.54) is 30.8 Å². The van der Waals surface area contributed by atoms with Crippen molar-refractivity contribution in [3.63, 3.8) is 0 Å². The fourth-order valence-corrected chi connectivity index (χ4v) is 2.77. The normalized spacial score (nSPS) is 20.8. The van der Waals surface area contributed by atoms with Crippen molar-refractivity contribution in [1.82, 2.24) is 4.90 Å². The van der Waals surface area contributed by atoms with Gasteiger partial charge in [-0.3, -0.25) is 0 Å². The molecule has 0 aromatic heterocycles. The van der Waals surface area contributed by atoms with Crippen molar-refractivity contribution in [2.75, 3.05) is 44.4 Å². The largest absolute Gasteiger partial charge is 0.399 e. The Bertz CT molecular complexity index is 389. The SMILES string of the molecule is Cc1cc(N)ccc1N(C)CC1CCN(C)C1. The summed E-state index contributed by atoms with van der Waals surface area (Å²) in [6, 6.07) is 6.16. The molecular weight excluding hydrogens is 210 g/mol. The number of nitrogen functional groups attached to an aromatic ring is 1. The second-order valence-corrected chi connectivity index (χ2v) is 5.34. The molecule has 94 valence electrons. The first-order valence-corrected chi connectivity index (χ1v) is 6.32. The molecule has 3 heteroatoms. The molecule has 1 aliphatic rings. The van der Waals surface area contributed by atoms with Crippen molar-refractivity contribution >= 4 is 11.4 Å². The lowest BCUT2D eigenvalue weighted by molar-refractivity contribution is 0.396. The first-order chi connectivity index (χ1) is 8.06. The van der Waals surface area contributed by atoms with Crippen LogP contribution in [0, 0.1) is 12.8 Å². The minimum atomic E-state index is 0.793. The van der Waals surface area contributed by atoms with Crippen LogP contribution in [0.4, 0.5) is 11.4 Å². The van der Waals surface area contributed by atoms with Crippen molar-refractivity contribution in [1.29, 1.82) is 0 Å². The van der Waals surface area contributed by atoms with Crippen LogP contribution in [-0.2, 0) is 0 Å². The minimum absolute atomic E-state index is 0.793. The topological polar surface area (TPSA) is 32.5 Å². The molecule has 0 bridgehead atoms. The molecule has 17 heavy (non-hydrogen) atoms. The molecule has 0 saturated carbocycles. The average molecular weight is 233 g/mol. The average Bonchev–Trinajstić information content (AvgIpc) is 2.63. The summed E-state index contributed by atoms with van der Waals surface area (Å²) in [6.45, 7) is 5.72. The van der Waals surface area contributed by atoms with Gasteiger partial charge in [0.15, 0.2) is 0 Å². The van der Waals surface area contributed by atoms with Gasteiger partial charge in [-0.1, -0.05) is 0 Å². The van der Waals surface area contributed by atoms with Crippen LogP contribution in [0.25, 0.3) is 0 Å². The van der Waals surface area contributed by atoms with Crippen LogP contribution in [0.3, 0.4) is 0 Å². The van der Waals surface area contributed by atoms with Gasteiger partial charge in [0.2, 0.25) is 0 Å². The van der Waals surface area contributed by atoms with Gasteiger partial charge in [-0.15, -0.1) is 0 Å². The molecule has 1 fully saturated rings. The number of hydrogen-bond donors (Lipinski definition) is 1. The molecule has 0 amide bonds. The van der Waals surface area contributed by atoms with Crippen molar-refractivity contribution in [2.24, 2.45) is 5.92 Å². The van der Waals surface area contributed by atoms with Crippen molar-refractivity contribution < 1.29 is 0 Å². The van der Waals surface area contributed by atoms with Crippen LogP contribution >= 0.6 is 0 Å². The Hall–Kier alpha value is -1.22. The first kappa shape index (κ1) is 12.2. The highest BCUT2D eigenvalue weighted by atomic mass is 15.2. The zero-order chi connectivity index (χ0) is 12.4. The van der Waals surface area contributed by atoms with E-state index in [0.717, 1.165) is 18.2 Å². The molecule has 3 nitrogen and oxygen atoms in total. The highest BCUT2D eigenvalue weighted by Gasteiger charge is 2.21. The third kappa shape index (κ3) is 2.91. The third-order valence-corrected chi connectivity index (χ3v) is 3.65. The van der Waals surface area contributed by atoms with Crippen molar-refractivity contribution in [2.45, 2.75) is 13.3 Å². The van der Waals surface area contributed by atoms with E-state index in [0.29, 0.717) is 0 Å².